The lowest BCUT2D eigenvalue weighted by molar-refractivity contribution is 0.400. The lowest BCUT2D eigenvalue weighted by atomic mass is 10.0. The van der Waals surface area contributed by atoms with E-state index in [2.05, 4.69) is 19.7 Å². The average Bonchev–Trinajstić information content (AvgIpc) is 2.73. The summed E-state index contributed by atoms with van der Waals surface area (Å²) in [5.74, 6) is 0.115. The number of nitrogens with one attached hydrogen (secondary N) is 1. The normalized spacial score (nSPS) is 11.5. The molecule has 0 bridgehead atoms. The highest BCUT2D eigenvalue weighted by Gasteiger charge is 2.19. The van der Waals surface area contributed by atoms with Crippen molar-refractivity contribution in [2.75, 3.05) is 11.8 Å². The van der Waals surface area contributed by atoms with Gasteiger partial charge in [-0.15, -0.1) is 0 Å². The van der Waals surface area contributed by atoms with Gasteiger partial charge >= 0.3 is 0 Å². The summed E-state index contributed by atoms with van der Waals surface area (Å²) in [4.78, 5) is 24.7. The van der Waals surface area contributed by atoms with Crippen molar-refractivity contribution in [1.82, 2.24) is 19.4 Å². The molecule has 0 aromatic carbocycles. The maximum absolute atomic E-state index is 12.8. The Kier molecular flexibility index (Phi) is 5.15. The third-order valence-electron chi connectivity index (χ3n) is 4.73. The van der Waals surface area contributed by atoms with Crippen LogP contribution in [-0.2, 0) is 10.0 Å². The second kappa shape index (κ2) is 7.80. The van der Waals surface area contributed by atoms with E-state index in [1.165, 1.54) is 36.0 Å². The zero-order valence-corrected chi connectivity index (χ0v) is 17.8. The Labute approximate surface area is 178 Å². The minimum atomic E-state index is -3.91. The molecule has 0 saturated heterocycles. The van der Waals surface area contributed by atoms with Crippen LogP contribution in [0.25, 0.3) is 16.8 Å². The van der Waals surface area contributed by atoms with Crippen LogP contribution in [0.5, 0.6) is 5.88 Å². The molecule has 0 atom stereocenters. The fourth-order valence-corrected chi connectivity index (χ4v) is 4.12. The van der Waals surface area contributed by atoms with Gasteiger partial charge in [0.25, 0.3) is 15.6 Å². The van der Waals surface area contributed by atoms with Crippen molar-refractivity contribution in [2.24, 2.45) is 0 Å². The molecule has 0 aliphatic rings. The lowest BCUT2D eigenvalue weighted by Crippen LogP contribution is -2.15. The Morgan fingerprint density at radius 3 is 2.55 bits per heavy atom. The molecule has 9 nitrogen and oxygen atoms in total. The van der Waals surface area contributed by atoms with E-state index in [0.29, 0.717) is 22.5 Å². The van der Waals surface area contributed by atoms with E-state index in [0.717, 1.165) is 5.56 Å². The van der Waals surface area contributed by atoms with Crippen LogP contribution in [0.2, 0.25) is 0 Å². The molecule has 0 saturated carbocycles. The Morgan fingerprint density at radius 2 is 1.84 bits per heavy atom. The first-order chi connectivity index (χ1) is 14.8. The third kappa shape index (κ3) is 3.97. The van der Waals surface area contributed by atoms with Crippen molar-refractivity contribution in [2.45, 2.75) is 18.7 Å². The van der Waals surface area contributed by atoms with Gasteiger partial charge in [0.1, 0.15) is 16.2 Å². The van der Waals surface area contributed by atoms with E-state index < -0.39 is 10.0 Å². The SMILES string of the molecule is COc1ncc(-c2cn3c(=O)ccnc3cc2C)cc1NS(=O)(=O)c1ccc(C)nc1. The molecule has 0 aliphatic carbocycles. The van der Waals surface area contributed by atoms with Crippen LogP contribution in [0.15, 0.2) is 64.8 Å². The number of aromatic nitrogens is 4. The van der Waals surface area contributed by atoms with E-state index in [9.17, 15) is 13.2 Å². The number of hydrogen-bond acceptors (Lipinski definition) is 7. The second-order valence-corrected chi connectivity index (χ2v) is 8.59. The predicted octanol–water partition coefficient (Wildman–Crippen LogP) is 2.58. The van der Waals surface area contributed by atoms with Crippen LogP contribution < -0.4 is 15.0 Å². The maximum Gasteiger partial charge on any atom is 0.263 e. The molecule has 4 rings (SSSR count). The Morgan fingerprint density at radius 1 is 1.03 bits per heavy atom. The molecule has 0 amide bonds. The summed E-state index contributed by atoms with van der Waals surface area (Å²) in [5.41, 5.74) is 3.33. The van der Waals surface area contributed by atoms with Gasteiger partial charge in [0.15, 0.2) is 0 Å². The number of rotatable bonds is 5. The van der Waals surface area contributed by atoms with Crippen molar-refractivity contribution in [1.29, 1.82) is 0 Å². The Hall–Kier alpha value is -3.79. The zero-order chi connectivity index (χ0) is 22.2. The van der Waals surface area contributed by atoms with Crippen molar-refractivity contribution in [3.05, 3.63) is 76.7 Å². The zero-order valence-electron chi connectivity index (χ0n) is 17.0. The number of methoxy groups -OCH3 is 1. The van der Waals surface area contributed by atoms with Gasteiger partial charge in [-0.1, -0.05) is 0 Å². The minimum Gasteiger partial charge on any atom is -0.480 e. The number of anilines is 1. The first kappa shape index (κ1) is 20.5. The molecule has 0 radical (unpaired) electrons. The summed E-state index contributed by atoms with van der Waals surface area (Å²) >= 11 is 0. The standard InChI is InChI=1S/C21H19N5O4S/c1-13-8-19-22-7-6-20(27)26(19)12-17(13)15-9-18(21(30-3)24-10-15)25-31(28,29)16-5-4-14(2)23-11-16/h4-12,25H,1-3H3. The van der Waals surface area contributed by atoms with Crippen LogP contribution in [-0.4, -0.2) is 34.9 Å². The topological polar surface area (TPSA) is 116 Å². The molecule has 0 unspecified atom stereocenters. The van der Waals surface area contributed by atoms with E-state index >= 15 is 0 Å². The number of aryl methyl sites for hydroxylation is 2. The molecule has 0 aliphatic heterocycles. The van der Waals surface area contributed by atoms with Gasteiger partial charge in [-0.2, -0.15) is 0 Å². The van der Waals surface area contributed by atoms with E-state index in [-0.39, 0.29) is 22.0 Å². The predicted molar refractivity (Wildman–Crippen MR) is 116 cm³/mol. The lowest BCUT2D eigenvalue weighted by Gasteiger charge is -2.14. The summed E-state index contributed by atoms with van der Waals surface area (Å²) < 4.78 is 34.8. The summed E-state index contributed by atoms with van der Waals surface area (Å²) in [6.07, 6.45) is 5.96. The van der Waals surface area contributed by atoms with Crippen molar-refractivity contribution < 1.29 is 13.2 Å². The molecule has 158 valence electrons. The summed E-state index contributed by atoms with van der Waals surface area (Å²) in [6, 6.07) is 7.85. The number of nitrogens with zero attached hydrogens (tertiary/aromatic N) is 4. The number of ether oxygens (including phenoxy) is 1. The molecule has 0 fully saturated rings. The first-order valence-electron chi connectivity index (χ1n) is 9.26. The van der Waals surface area contributed by atoms with Gasteiger partial charge in [-0.05, 0) is 43.7 Å². The maximum atomic E-state index is 12.8. The van der Waals surface area contributed by atoms with Gasteiger partial charge in [-0.25, -0.2) is 18.4 Å². The van der Waals surface area contributed by atoms with Crippen LogP contribution in [0.1, 0.15) is 11.3 Å². The molecule has 0 spiro atoms. The molecule has 4 aromatic heterocycles. The molecular weight excluding hydrogens is 418 g/mol. The molecule has 4 aromatic rings. The third-order valence-corrected chi connectivity index (χ3v) is 6.08. The van der Waals surface area contributed by atoms with Gasteiger partial charge in [-0.3, -0.25) is 18.9 Å². The van der Waals surface area contributed by atoms with Crippen LogP contribution in [0.4, 0.5) is 5.69 Å². The fraction of sp³-hybridized carbons (Fsp3) is 0.143. The smallest absolute Gasteiger partial charge is 0.263 e. The highest BCUT2D eigenvalue weighted by molar-refractivity contribution is 7.92. The molecule has 31 heavy (non-hydrogen) atoms. The fourth-order valence-electron chi connectivity index (χ4n) is 3.13. The van der Waals surface area contributed by atoms with Gasteiger partial charge in [0.2, 0.25) is 5.88 Å². The minimum absolute atomic E-state index is 0.0186. The number of hydrogen-bond donors (Lipinski definition) is 1. The largest absolute Gasteiger partial charge is 0.480 e. The van der Waals surface area contributed by atoms with Gasteiger partial charge < -0.3 is 4.74 Å². The van der Waals surface area contributed by atoms with Crippen LogP contribution in [0.3, 0.4) is 0 Å². The second-order valence-electron chi connectivity index (χ2n) is 6.90. The first-order valence-corrected chi connectivity index (χ1v) is 10.7. The number of fused-ring (bicyclic) bond motifs is 1. The highest BCUT2D eigenvalue weighted by atomic mass is 32.2. The van der Waals surface area contributed by atoms with E-state index in [4.69, 9.17) is 4.74 Å². The van der Waals surface area contributed by atoms with Crippen molar-refractivity contribution in [3.63, 3.8) is 0 Å². The summed E-state index contributed by atoms with van der Waals surface area (Å²) in [5, 5.41) is 0. The van der Waals surface area contributed by atoms with Gasteiger partial charge in [0, 0.05) is 47.7 Å². The number of sulfonamides is 1. The summed E-state index contributed by atoms with van der Waals surface area (Å²) in [6.45, 7) is 3.65. The van der Waals surface area contributed by atoms with Crippen molar-refractivity contribution in [3.8, 4) is 17.0 Å². The van der Waals surface area contributed by atoms with Crippen molar-refractivity contribution >= 4 is 21.4 Å². The average molecular weight is 437 g/mol. The molecule has 1 N–H and O–H groups in total. The number of pyridine rings is 3. The quantitative estimate of drug-likeness (QED) is 0.510. The Balaban J connectivity index is 1.81. The van der Waals surface area contributed by atoms with Gasteiger partial charge in [0.05, 0.1) is 7.11 Å². The molecule has 10 heteroatoms. The summed E-state index contributed by atoms with van der Waals surface area (Å²) in [7, 11) is -2.51. The van der Waals surface area contributed by atoms with Crippen LogP contribution in [0, 0.1) is 13.8 Å². The van der Waals surface area contributed by atoms with E-state index in [1.807, 2.05) is 6.92 Å². The Bertz CT molecular complexity index is 1450. The van der Waals surface area contributed by atoms with E-state index in [1.54, 1.807) is 37.5 Å². The monoisotopic (exact) mass is 437 g/mol. The van der Waals surface area contributed by atoms with Crippen LogP contribution >= 0.6 is 0 Å². The molecule has 4 heterocycles. The highest BCUT2D eigenvalue weighted by Crippen LogP contribution is 2.31. The molecular formula is C21H19N5O4S.